The Balaban J connectivity index is 2.38. The molecule has 1 rings (SSSR count). The number of hydrogen-bond donors (Lipinski definition) is 3. The predicted molar refractivity (Wildman–Crippen MR) is 82.2 cm³/mol. The van der Waals surface area contributed by atoms with E-state index in [-0.39, 0.29) is 24.0 Å². The van der Waals surface area contributed by atoms with Gasteiger partial charge in [-0.2, -0.15) is 0 Å². The van der Waals surface area contributed by atoms with E-state index in [0.717, 1.165) is 19.4 Å². The Labute approximate surface area is 127 Å². The Bertz CT molecular complexity index is 350. The zero-order chi connectivity index (χ0) is 16.0. The van der Waals surface area contributed by atoms with Gasteiger partial charge in [0.25, 0.3) is 0 Å². The largest absolute Gasteiger partial charge is 0.481 e. The Kier molecular flexibility index (Phi) is 6.95. The molecular weight excluding hydrogens is 270 g/mol. The van der Waals surface area contributed by atoms with Crippen molar-refractivity contribution < 1.29 is 14.7 Å². The molecule has 0 heterocycles. The number of hydrogen-bond acceptors (Lipinski definition) is 3. The summed E-state index contributed by atoms with van der Waals surface area (Å²) in [7, 11) is 3.98. The first-order chi connectivity index (χ1) is 9.79. The van der Waals surface area contributed by atoms with Crippen molar-refractivity contribution in [2.75, 3.05) is 20.6 Å². The number of carbonyl (C=O) groups excluding carboxylic acids is 1. The summed E-state index contributed by atoms with van der Waals surface area (Å²) in [5.41, 5.74) is 0. The summed E-state index contributed by atoms with van der Waals surface area (Å²) < 4.78 is 0. The van der Waals surface area contributed by atoms with Gasteiger partial charge in [-0.05, 0) is 45.7 Å². The number of carboxylic acids is 1. The van der Waals surface area contributed by atoms with Crippen LogP contribution in [0.25, 0.3) is 0 Å². The molecular formula is C15H29N3O3. The van der Waals surface area contributed by atoms with Crippen molar-refractivity contribution in [2.24, 2.45) is 11.8 Å². The highest BCUT2D eigenvalue weighted by Crippen LogP contribution is 2.24. The normalized spacial score (nSPS) is 23.9. The minimum atomic E-state index is -0.719. The van der Waals surface area contributed by atoms with Crippen LogP contribution in [0.2, 0.25) is 0 Å². The van der Waals surface area contributed by atoms with E-state index in [2.05, 4.69) is 29.4 Å². The number of rotatable bonds is 6. The molecule has 0 aromatic heterocycles. The van der Waals surface area contributed by atoms with Gasteiger partial charge in [-0.15, -0.1) is 0 Å². The first-order valence-electron chi connectivity index (χ1n) is 7.74. The molecule has 2 amide bonds. The molecule has 1 aliphatic carbocycles. The smallest absolute Gasteiger partial charge is 0.315 e. The molecule has 6 heteroatoms. The third-order valence-corrected chi connectivity index (χ3v) is 4.09. The van der Waals surface area contributed by atoms with Gasteiger partial charge in [0.05, 0.1) is 5.92 Å². The number of carboxylic acid groups (broad SMARTS) is 1. The number of urea groups is 1. The van der Waals surface area contributed by atoms with Crippen molar-refractivity contribution in [2.45, 2.75) is 51.6 Å². The molecule has 1 fully saturated rings. The van der Waals surface area contributed by atoms with Crippen LogP contribution in [0.15, 0.2) is 0 Å². The summed E-state index contributed by atoms with van der Waals surface area (Å²) in [4.78, 5) is 25.0. The first kappa shape index (κ1) is 17.8. The lowest BCUT2D eigenvalue weighted by atomic mass is 9.86. The highest BCUT2D eigenvalue weighted by molar-refractivity contribution is 5.74. The van der Waals surface area contributed by atoms with Gasteiger partial charge in [0.1, 0.15) is 0 Å². The van der Waals surface area contributed by atoms with E-state index < -0.39 is 5.97 Å². The zero-order valence-corrected chi connectivity index (χ0v) is 13.6. The van der Waals surface area contributed by atoms with Gasteiger partial charge in [0.15, 0.2) is 0 Å². The lowest BCUT2D eigenvalue weighted by Gasteiger charge is -2.29. The van der Waals surface area contributed by atoms with Crippen molar-refractivity contribution in [1.29, 1.82) is 0 Å². The van der Waals surface area contributed by atoms with Gasteiger partial charge in [-0.1, -0.05) is 13.8 Å². The number of likely N-dealkylation sites (N-methyl/N-ethyl adjacent to an activating group) is 1. The SMILES string of the molecule is CC(C)C(CN(C)C)NC(=O)NC1CCC(C(=O)O)CC1. The van der Waals surface area contributed by atoms with E-state index in [4.69, 9.17) is 5.11 Å². The van der Waals surface area contributed by atoms with E-state index >= 15 is 0 Å². The van der Waals surface area contributed by atoms with Crippen molar-refractivity contribution in [3.63, 3.8) is 0 Å². The molecule has 0 aromatic rings. The van der Waals surface area contributed by atoms with Gasteiger partial charge < -0.3 is 20.6 Å². The maximum absolute atomic E-state index is 12.1. The second kappa shape index (κ2) is 8.22. The fourth-order valence-corrected chi connectivity index (χ4v) is 2.70. The van der Waals surface area contributed by atoms with Crippen LogP contribution < -0.4 is 10.6 Å². The lowest BCUT2D eigenvalue weighted by molar-refractivity contribution is -0.142. The topological polar surface area (TPSA) is 81.7 Å². The minimum absolute atomic E-state index is 0.0905. The quantitative estimate of drug-likeness (QED) is 0.694. The highest BCUT2D eigenvalue weighted by Gasteiger charge is 2.27. The summed E-state index contributed by atoms with van der Waals surface area (Å²) in [5.74, 6) is -0.604. The lowest BCUT2D eigenvalue weighted by Crippen LogP contribution is -2.51. The molecule has 0 saturated heterocycles. The van der Waals surface area contributed by atoms with Crippen LogP contribution >= 0.6 is 0 Å². The molecule has 3 N–H and O–H groups in total. The Morgan fingerprint density at radius 1 is 1.19 bits per heavy atom. The molecule has 1 unspecified atom stereocenters. The third-order valence-electron chi connectivity index (χ3n) is 4.09. The molecule has 0 radical (unpaired) electrons. The Hall–Kier alpha value is -1.30. The maximum Gasteiger partial charge on any atom is 0.315 e. The average molecular weight is 299 g/mol. The van der Waals surface area contributed by atoms with Crippen molar-refractivity contribution in [3.8, 4) is 0 Å². The summed E-state index contributed by atoms with van der Waals surface area (Å²) in [6.45, 7) is 4.98. The fourth-order valence-electron chi connectivity index (χ4n) is 2.70. The number of carbonyl (C=O) groups is 2. The monoisotopic (exact) mass is 299 g/mol. The van der Waals surface area contributed by atoms with E-state index in [1.54, 1.807) is 0 Å². The van der Waals surface area contributed by atoms with Gasteiger partial charge in [0.2, 0.25) is 0 Å². The van der Waals surface area contributed by atoms with Crippen molar-refractivity contribution in [3.05, 3.63) is 0 Å². The molecule has 1 saturated carbocycles. The van der Waals surface area contributed by atoms with Crippen LogP contribution in [0, 0.1) is 11.8 Å². The second-order valence-corrected chi connectivity index (χ2v) is 6.62. The molecule has 6 nitrogen and oxygen atoms in total. The standard InChI is InChI=1S/C15H29N3O3/c1-10(2)13(9-18(3)4)17-15(21)16-12-7-5-11(6-8-12)14(19)20/h10-13H,5-9H2,1-4H3,(H,19,20)(H2,16,17,21). The number of amides is 2. The van der Waals surface area contributed by atoms with Gasteiger partial charge in [-0.3, -0.25) is 4.79 Å². The molecule has 1 aliphatic rings. The fraction of sp³-hybridized carbons (Fsp3) is 0.867. The van der Waals surface area contributed by atoms with Crippen LogP contribution in [0.5, 0.6) is 0 Å². The van der Waals surface area contributed by atoms with Gasteiger partial charge >= 0.3 is 12.0 Å². The molecule has 0 bridgehead atoms. The van der Waals surface area contributed by atoms with E-state index in [0.29, 0.717) is 18.8 Å². The first-order valence-corrected chi connectivity index (χ1v) is 7.74. The molecule has 0 aromatic carbocycles. The van der Waals surface area contributed by atoms with Crippen LogP contribution in [-0.4, -0.2) is 54.7 Å². The minimum Gasteiger partial charge on any atom is -0.481 e. The molecule has 0 spiro atoms. The van der Waals surface area contributed by atoms with E-state index in [1.807, 2.05) is 14.1 Å². The molecule has 1 atom stereocenters. The third kappa shape index (κ3) is 6.33. The van der Waals surface area contributed by atoms with Crippen molar-refractivity contribution >= 4 is 12.0 Å². The Morgan fingerprint density at radius 2 is 1.76 bits per heavy atom. The van der Waals surface area contributed by atoms with Crippen LogP contribution in [0.4, 0.5) is 4.79 Å². The summed E-state index contributed by atoms with van der Waals surface area (Å²) >= 11 is 0. The zero-order valence-electron chi connectivity index (χ0n) is 13.6. The highest BCUT2D eigenvalue weighted by atomic mass is 16.4. The number of nitrogens with one attached hydrogen (secondary N) is 2. The van der Waals surface area contributed by atoms with E-state index in [1.165, 1.54) is 0 Å². The molecule has 122 valence electrons. The summed E-state index contributed by atoms with van der Waals surface area (Å²) in [5, 5.41) is 15.0. The second-order valence-electron chi connectivity index (χ2n) is 6.62. The maximum atomic E-state index is 12.1. The summed E-state index contributed by atoms with van der Waals surface area (Å²) in [6.07, 6.45) is 2.77. The summed E-state index contributed by atoms with van der Waals surface area (Å²) in [6, 6.07) is 0.0532. The predicted octanol–water partition coefficient (Wildman–Crippen LogP) is 1.52. The van der Waals surface area contributed by atoms with Gasteiger partial charge in [0, 0.05) is 18.6 Å². The number of aliphatic carboxylic acids is 1. The molecule has 21 heavy (non-hydrogen) atoms. The van der Waals surface area contributed by atoms with Crippen LogP contribution in [-0.2, 0) is 4.79 Å². The average Bonchev–Trinajstić information content (AvgIpc) is 2.37. The van der Waals surface area contributed by atoms with Crippen molar-refractivity contribution in [1.82, 2.24) is 15.5 Å². The van der Waals surface area contributed by atoms with Crippen LogP contribution in [0.1, 0.15) is 39.5 Å². The molecule has 0 aliphatic heterocycles. The van der Waals surface area contributed by atoms with Gasteiger partial charge in [-0.25, -0.2) is 4.79 Å². The van der Waals surface area contributed by atoms with E-state index in [9.17, 15) is 9.59 Å². The van der Waals surface area contributed by atoms with Crippen LogP contribution in [0.3, 0.4) is 0 Å². The number of nitrogens with zero attached hydrogens (tertiary/aromatic N) is 1. The Morgan fingerprint density at radius 3 is 2.19 bits per heavy atom.